The average Bonchev–Trinajstić information content (AvgIpc) is 3.36. The number of imidazole rings is 1. The van der Waals surface area contributed by atoms with Crippen LogP contribution in [0.15, 0.2) is 16.9 Å². The second-order valence-corrected chi connectivity index (χ2v) is 8.34. The van der Waals surface area contributed by atoms with Crippen molar-refractivity contribution in [3.05, 3.63) is 46.6 Å². The van der Waals surface area contributed by atoms with Crippen LogP contribution >= 0.6 is 0 Å². The van der Waals surface area contributed by atoms with Crippen molar-refractivity contribution < 1.29 is 9.32 Å². The predicted molar refractivity (Wildman–Crippen MR) is 115 cm³/mol. The van der Waals surface area contributed by atoms with Crippen LogP contribution in [-0.2, 0) is 12.8 Å². The highest BCUT2D eigenvalue weighted by Gasteiger charge is 2.30. The number of rotatable bonds is 3. The Hall–Kier alpha value is -3.23. The lowest BCUT2D eigenvalue weighted by molar-refractivity contribution is 0.0735. The molecule has 162 valence electrons. The number of fused-ring (bicyclic) bond motifs is 1. The van der Waals surface area contributed by atoms with Crippen LogP contribution in [0.3, 0.4) is 0 Å². The minimum atomic E-state index is -0.0179. The molecule has 3 aromatic heterocycles. The predicted octanol–water partition coefficient (Wildman–Crippen LogP) is 2.42. The van der Waals surface area contributed by atoms with Crippen molar-refractivity contribution in [2.45, 2.75) is 46.5 Å². The Balaban J connectivity index is 1.31. The maximum Gasteiger partial charge on any atom is 0.276 e. The largest absolute Gasteiger partial charge is 0.360 e. The summed E-state index contributed by atoms with van der Waals surface area (Å²) in [5.41, 5.74) is 3.57. The first kappa shape index (κ1) is 19.7. The van der Waals surface area contributed by atoms with Crippen molar-refractivity contribution in [2.24, 2.45) is 0 Å². The maximum atomic E-state index is 13.1. The Bertz CT molecular complexity index is 1130. The molecule has 1 fully saturated rings. The first-order valence-corrected chi connectivity index (χ1v) is 10.9. The van der Waals surface area contributed by atoms with E-state index in [-0.39, 0.29) is 5.91 Å². The molecule has 9 heteroatoms. The molecular weight excluding hydrogens is 394 g/mol. The van der Waals surface area contributed by atoms with Gasteiger partial charge < -0.3 is 14.3 Å². The molecule has 9 nitrogen and oxygen atoms in total. The lowest BCUT2D eigenvalue weighted by Gasteiger charge is -2.35. The molecular formula is C22H27N7O2. The average molecular weight is 422 g/mol. The number of carbonyl (C=O) groups is 1. The van der Waals surface area contributed by atoms with Crippen molar-refractivity contribution in [3.8, 4) is 5.82 Å². The van der Waals surface area contributed by atoms with Gasteiger partial charge in [0, 0.05) is 49.9 Å². The Morgan fingerprint density at radius 3 is 2.48 bits per heavy atom. The third kappa shape index (κ3) is 3.58. The lowest BCUT2D eigenvalue weighted by Crippen LogP contribution is -2.49. The normalized spacial score (nSPS) is 16.5. The van der Waals surface area contributed by atoms with Crippen molar-refractivity contribution in [3.63, 3.8) is 0 Å². The molecule has 0 bridgehead atoms. The molecule has 0 N–H and O–H groups in total. The summed E-state index contributed by atoms with van der Waals surface area (Å²) in [5, 5.41) is 4.11. The standard InChI is InChI=1S/C22H27N7O2/c1-14-15(2)29(13-23-14)20-12-19(24-16(3)25-20)27-8-10-28(11-9-27)22(30)21-17-6-4-5-7-18(17)31-26-21/h12-13H,4-11H2,1-3H3. The first-order chi connectivity index (χ1) is 15.0. The van der Waals surface area contributed by atoms with Gasteiger partial charge in [-0.05, 0) is 40.0 Å². The third-order valence-corrected chi connectivity index (χ3v) is 6.35. The van der Waals surface area contributed by atoms with Gasteiger partial charge in [0.1, 0.15) is 29.5 Å². The van der Waals surface area contributed by atoms with Crippen molar-refractivity contribution >= 4 is 11.7 Å². The highest BCUT2D eigenvalue weighted by Crippen LogP contribution is 2.26. The van der Waals surface area contributed by atoms with E-state index in [9.17, 15) is 4.79 Å². The summed E-state index contributed by atoms with van der Waals surface area (Å²) in [7, 11) is 0. The fraction of sp³-hybridized carbons (Fsp3) is 0.500. The van der Waals surface area contributed by atoms with Gasteiger partial charge >= 0.3 is 0 Å². The molecule has 0 radical (unpaired) electrons. The molecule has 4 heterocycles. The third-order valence-electron chi connectivity index (χ3n) is 6.35. The van der Waals surface area contributed by atoms with E-state index in [0.29, 0.717) is 37.7 Å². The van der Waals surface area contributed by atoms with Crippen molar-refractivity contribution in [1.29, 1.82) is 0 Å². The van der Waals surface area contributed by atoms with E-state index < -0.39 is 0 Å². The smallest absolute Gasteiger partial charge is 0.276 e. The van der Waals surface area contributed by atoms with Crippen LogP contribution in [0.1, 0.15) is 51.9 Å². The fourth-order valence-electron chi connectivity index (χ4n) is 4.39. The molecule has 1 saturated heterocycles. The highest BCUT2D eigenvalue weighted by molar-refractivity contribution is 5.94. The minimum Gasteiger partial charge on any atom is -0.360 e. The molecule has 5 rings (SSSR count). The maximum absolute atomic E-state index is 13.1. The Labute approximate surface area is 181 Å². The lowest BCUT2D eigenvalue weighted by atomic mass is 9.96. The number of carbonyl (C=O) groups excluding carboxylic acids is 1. The minimum absolute atomic E-state index is 0.0179. The van der Waals surface area contributed by atoms with Gasteiger partial charge in [0.15, 0.2) is 5.69 Å². The molecule has 0 spiro atoms. The molecule has 1 aliphatic carbocycles. The molecule has 0 aromatic carbocycles. The van der Waals surface area contributed by atoms with E-state index in [2.05, 4.69) is 25.0 Å². The zero-order valence-electron chi connectivity index (χ0n) is 18.3. The second-order valence-electron chi connectivity index (χ2n) is 8.34. The van der Waals surface area contributed by atoms with Gasteiger partial charge in [0.05, 0.1) is 5.69 Å². The summed E-state index contributed by atoms with van der Waals surface area (Å²) >= 11 is 0. The topological polar surface area (TPSA) is 93.2 Å². The number of hydrogen-bond acceptors (Lipinski definition) is 7. The second kappa shape index (κ2) is 7.79. The van der Waals surface area contributed by atoms with E-state index in [4.69, 9.17) is 4.52 Å². The quantitative estimate of drug-likeness (QED) is 0.641. The van der Waals surface area contributed by atoms with Crippen LogP contribution in [0.2, 0.25) is 0 Å². The van der Waals surface area contributed by atoms with E-state index in [1.54, 1.807) is 6.33 Å². The summed E-state index contributed by atoms with van der Waals surface area (Å²) in [5.74, 6) is 3.27. The Kier molecular flexibility index (Phi) is 4.95. The number of amides is 1. The summed E-state index contributed by atoms with van der Waals surface area (Å²) in [6.07, 6.45) is 5.76. The van der Waals surface area contributed by atoms with Crippen LogP contribution in [0.5, 0.6) is 0 Å². The van der Waals surface area contributed by atoms with Gasteiger partial charge in [-0.2, -0.15) is 0 Å². The number of aryl methyl sites for hydroxylation is 3. The summed E-state index contributed by atoms with van der Waals surface area (Å²) in [4.78, 5) is 30.8. The number of aromatic nitrogens is 5. The number of piperazine rings is 1. The van der Waals surface area contributed by atoms with Gasteiger partial charge in [-0.3, -0.25) is 9.36 Å². The molecule has 1 aliphatic heterocycles. The monoisotopic (exact) mass is 421 g/mol. The zero-order chi connectivity index (χ0) is 21.5. The number of anilines is 1. The van der Waals surface area contributed by atoms with Gasteiger partial charge in [0.25, 0.3) is 5.91 Å². The van der Waals surface area contributed by atoms with Crippen molar-refractivity contribution in [2.75, 3.05) is 31.1 Å². The first-order valence-electron chi connectivity index (χ1n) is 10.9. The Morgan fingerprint density at radius 2 is 1.74 bits per heavy atom. The summed E-state index contributed by atoms with van der Waals surface area (Å²) in [6.45, 7) is 8.60. The van der Waals surface area contributed by atoms with Crippen molar-refractivity contribution in [1.82, 2.24) is 29.6 Å². The molecule has 31 heavy (non-hydrogen) atoms. The van der Waals surface area contributed by atoms with Gasteiger partial charge in [0.2, 0.25) is 0 Å². The number of hydrogen-bond donors (Lipinski definition) is 0. The van der Waals surface area contributed by atoms with Crippen LogP contribution in [0, 0.1) is 20.8 Å². The molecule has 0 atom stereocenters. The van der Waals surface area contributed by atoms with Crippen LogP contribution in [0.4, 0.5) is 5.82 Å². The molecule has 1 amide bonds. The zero-order valence-corrected chi connectivity index (χ0v) is 18.3. The van der Waals surface area contributed by atoms with Gasteiger partial charge in [-0.1, -0.05) is 5.16 Å². The summed E-state index contributed by atoms with van der Waals surface area (Å²) in [6, 6.07) is 1.99. The molecule has 3 aromatic rings. The van der Waals surface area contributed by atoms with Crippen LogP contribution in [0.25, 0.3) is 5.82 Å². The Morgan fingerprint density at radius 1 is 1.00 bits per heavy atom. The van der Waals surface area contributed by atoms with Gasteiger partial charge in [-0.25, -0.2) is 15.0 Å². The summed E-state index contributed by atoms with van der Waals surface area (Å²) < 4.78 is 7.42. The molecule has 0 unspecified atom stereocenters. The van der Waals surface area contributed by atoms with E-state index in [0.717, 1.165) is 60.0 Å². The van der Waals surface area contributed by atoms with Gasteiger partial charge in [-0.15, -0.1) is 0 Å². The molecule has 0 saturated carbocycles. The van der Waals surface area contributed by atoms with Crippen LogP contribution in [-0.4, -0.2) is 61.7 Å². The van der Waals surface area contributed by atoms with Crippen LogP contribution < -0.4 is 4.90 Å². The fourth-order valence-corrected chi connectivity index (χ4v) is 4.39. The molecule has 2 aliphatic rings. The number of nitrogens with zero attached hydrogens (tertiary/aromatic N) is 7. The van der Waals surface area contributed by atoms with E-state index in [1.165, 1.54) is 0 Å². The SMILES string of the molecule is Cc1nc(N2CCN(C(=O)c3noc4c3CCCC4)CC2)cc(-n2cnc(C)c2C)n1. The van der Waals surface area contributed by atoms with E-state index in [1.807, 2.05) is 36.3 Å². The highest BCUT2D eigenvalue weighted by atomic mass is 16.5. The van der Waals surface area contributed by atoms with E-state index >= 15 is 0 Å².